The highest BCUT2D eigenvalue weighted by Crippen LogP contribution is 2.38. The van der Waals surface area contributed by atoms with Gasteiger partial charge in [0.05, 0.1) is 24.0 Å². The van der Waals surface area contributed by atoms with Crippen LogP contribution in [0.25, 0.3) is 27.7 Å². The zero-order valence-electron chi connectivity index (χ0n) is 19.1. The standard InChI is InChI=1S/C26H31N5O/c1-4-22(32)16-30-11-9-18(10-12-30)19-6-8-24-23(13-19)25(17(2)3)26(28-24)20-5-7-21-14-27-29-31(21)15-20/h5-8,13-15,17-18,28H,4,9-12,16H2,1-3H3. The maximum absolute atomic E-state index is 11.8. The number of H-pyrrole nitrogens is 1. The van der Waals surface area contributed by atoms with Gasteiger partial charge >= 0.3 is 0 Å². The summed E-state index contributed by atoms with van der Waals surface area (Å²) in [6.07, 6.45) is 6.68. The van der Waals surface area contributed by atoms with Gasteiger partial charge in [0.1, 0.15) is 5.78 Å². The Bertz CT molecular complexity index is 1260. The normalized spacial score (nSPS) is 15.9. The number of pyridine rings is 1. The molecule has 1 aliphatic heterocycles. The van der Waals surface area contributed by atoms with Gasteiger partial charge in [-0.2, -0.15) is 0 Å². The van der Waals surface area contributed by atoms with Crippen LogP contribution < -0.4 is 0 Å². The first-order valence-corrected chi connectivity index (χ1v) is 11.7. The Labute approximate surface area is 188 Å². The summed E-state index contributed by atoms with van der Waals surface area (Å²) in [5.74, 6) is 1.29. The lowest BCUT2D eigenvalue weighted by Gasteiger charge is -2.31. The molecule has 6 nitrogen and oxygen atoms in total. The molecule has 4 aromatic rings. The van der Waals surface area contributed by atoms with E-state index in [1.54, 1.807) is 6.20 Å². The number of carbonyl (C=O) groups is 1. The van der Waals surface area contributed by atoms with Crippen molar-refractivity contribution >= 4 is 22.2 Å². The average Bonchev–Trinajstić information content (AvgIpc) is 3.42. The number of Topliss-reactive ketones (excluding diaryl/α,β-unsaturated/α-hetero) is 1. The van der Waals surface area contributed by atoms with Crippen molar-refractivity contribution in [1.29, 1.82) is 0 Å². The summed E-state index contributed by atoms with van der Waals surface area (Å²) in [7, 11) is 0. The van der Waals surface area contributed by atoms with Crippen molar-refractivity contribution < 1.29 is 4.79 Å². The molecule has 166 valence electrons. The monoisotopic (exact) mass is 429 g/mol. The minimum Gasteiger partial charge on any atom is -0.354 e. The van der Waals surface area contributed by atoms with E-state index < -0.39 is 0 Å². The number of aromatic nitrogens is 4. The molecule has 0 unspecified atom stereocenters. The van der Waals surface area contributed by atoms with Gasteiger partial charge in [-0.1, -0.05) is 32.1 Å². The summed E-state index contributed by atoms with van der Waals surface area (Å²) in [6.45, 7) is 9.08. The van der Waals surface area contributed by atoms with E-state index in [1.807, 2.05) is 17.6 Å². The Morgan fingerprint density at radius 3 is 2.75 bits per heavy atom. The van der Waals surface area contributed by atoms with Gasteiger partial charge in [0.25, 0.3) is 0 Å². The van der Waals surface area contributed by atoms with E-state index in [0.717, 1.165) is 42.7 Å². The molecule has 0 aliphatic carbocycles. The number of ketones is 1. The van der Waals surface area contributed by atoms with Crippen molar-refractivity contribution in [2.24, 2.45) is 0 Å². The Morgan fingerprint density at radius 1 is 1.19 bits per heavy atom. The summed E-state index contributed by atoms with van der Waals surface area (Å²) < 4.78 is 1.83. The van der Waals surface area contributed by atoms with Crippen LogP contribution in [0.2, 0.25) is 0 Å². The van der Waals surface area contributed by atoms with E-state index in [1.165, 1.54) is 22.0 Å². The molecule has 0 radical (unpaired) electrons. The summed E-state index contributed by atoms with van der Waals surface area (Å²) in [4.78, 5) is 17.8. The maximum atomic E-state index is 11.8. The predicted molar refractivity (Wildman–Crippen MR) is 128 cm³/mol. The number of carbonyl (C=O) groups excluding carboxylic acids is 1. The highest BCUT2D eigenvalue weighted by atomic mass is 16.1. The molecule has 0 amide bonds. The molecule has 6 heteroatoms. The van der Waals surface area contributed by atoms with Crippen LogP contribution in [0.1, 0.15) is 63.0 Å². The van der Waals surface area contributed by atoms with E-state index >= 15 is 0 Å². The Balaban J connectivity index is 1.46. The predicted octanol–water partition coefficient (Wildman–Crippen LogP) is 5.16. The van der Waals surface area contributed by atoms with Crippen molar-refractivity contribution in [3.63, 3.8) is 0 Å². The highest BCUT2D eigenvalue weighted by Gasteiger charge is 2.23. The number of aromatic amines is 1. The number of piperidine rings is 1. The molecule has 1 N–H and O–H groups in total. The molecule has 5 rings (SSSR count). The molecule has 0 spiro atoms. The first kappa shape index (κ1) is 20.9. The van der Waals surface area contributed by atoms with Crippen LogP contribution in [0.5, 0.6) is 0 Å². The quantitative estimate of drug-likeness (QED) is 0.460. The smallest absolute Gasteiger partial charge is 0.146 e. The molecule has 1 fully saturated rings. The lowest BCUT2D eigenvalue weighted by Crippen LogP contribution is -2.36. The summed E-state index contributed by atoms with van der Waals surface area (Å²) >= 11 is 0. The van der Waals surface area contributed by atoms with Crippen molar-refractivity contribution in [3.8, 4) is 11.3 Å². The lowest BCUT2D eigenvalue weighted by molar-refractivity contribution is -0.120. The third-order valence-corrected chi connectivity index (χ3v) is 6.88. The zero-order chi connectivity index (χ0) is 22.2. The minimum absolute atomic E-state index is 0.343. The van der Waals surface area contributed by atoms with E-state index in [-0.39, 0.29) is 0 Å². The molecule has 4 heterocycles. The summed E-state index contributed by atoms with van der Waals surface area (Å²) in [5.41, 5.74) is 7.23. The number of hydrogen-bond donors (Lipinski definition) is 1. The molecule has 0 bridgehead atoms. The van der Waals surface area contributed by atoms with Gasteiger partial charge in [-0.15, -0.1) is 5.10 Å². The SMILES string of the molecule is CCC(=O)CN1CCC(c2ccc3[nH]c(-c4ccc5cnnn5c4)c(C(C)C)c3c2)CC1. The van der Waals surface area contributed by atoms with Crippen LogP contribution >= 0.6 is 0 Å². The molecule has 0 saturated carbocycles. The van der Waals surface area contributed by atoms with Gasteiger partial charge in [-0.3, -0.25) is 9.69 Å². The number of likely N-dealkylation sites (tertiary alicyclic amines) is 1. The van der Waals surface area contributed by atoms with Gasteiger partial charge in [-0.05, 0) is 73.2 Å². The van der Waals surface area contributed by atoms with Crippen LogP contribution in [0.3, 0.4) is 0 Å². The fourth-order valence-electron chi connectivity index (χ4n) is 5.07. The summed E-state index contributed by atoms with van der Waals surface area (Å²) in [6, 6.07) is 11.1. The molecule has 1 saturated heterocycles. The Kier molecular flexibility index (Phi) is 5.55. The molecule has 1 aliphatic rings. The van der Waals surface area contributed by atoms with Crippen molar-refractivity contribution in [2.75, 3.05) is 19.6 Å². The maximum Gasteiger partial charge on any atom is 0.146 e. The Hall–Kier alpha value is -2.99. The van der Waals surface area contributed by atoms with Crippen molar-refractivity contribution in [3.05, 3.63) is 53.9 Å². The average molecular weight is 430 g/mol. The van der Waals surface area contributed by atoms with Crippen LogP contribution in [0, 0.1) is 0 Å². The topological polar surface area (TPSA) is 66.3 Å². The van der Waals surface area contributed by atoms with Gasteiger partial charge < -0.3 is 4.98 Å². The number of fused-ring (bicyclic) bond motifs is 2. The van der Waals surface area contributed by atoms with Gasteiger partial charge in [0.15, 0.2) is 0 Å². The van der Waals surface area contributed by atoms with E-state index in [0.29, 0.717) is 30.6 Å². The van der Waals surface area contributed by atoms with Gasteiger partial charge in [-0.25, -0.2) is 4.52 Å². The van der Waals surface area contributed by atoms with Crippen LogP contribution in [0.4, 0.5) is 0 Å². The van der Waals surface area contributed by atoms with Gasteiger partial charge in [0, 0.05) is 29.1 Å². The Morgan fingerprint density at radius 2 is 2.00 bits per heavy atom. The minimum atomic E-state index is 0.343. The van der Waals surface area contributed by atoms with E-state index in [9.17, 15) is 4.79 Å². The second-order valence-corrected chi connectivity index (χ2v) is 9.34. The molecule has 1 aromatic carbocycles. The van der Waals surface area contributed by atoms with Crippen LogP contribution in [-0.4, -0.2) is 50.1 Å². The number of nitrogens with one attached hydrogen (secondary N) is 1. The molecular formula is C26H31N5O. The number of hydrogen-bond acceptors (Lipinski definition) is 4. The van der Waals surface area contributed by atoms with Crippen molar-refractivity contribution in [2.45, 2.75) is 51.9 Å². The number of nitrogens with zero attached hydrogens (tertiary/aromatic N) is 4. The first-order valence-electron chi connectivity index (χ1n) is 11.7. The highest BCUT2D eigenvalue weighted by molar-refractivity contribution is 5.92. The molecule has 32 heavy (non-hydrogen) atoms. The fourth-order valence-corrected chi connectivity index (χ4v) is 5.07. The first-order chi connectivity index (χ1) is 15.5. The largest absolute Gasteiger partial charge is 0.354 e. The van der Waals surface area contributed by atoms with E-state index in [4.69, 9.17) is 0 Å². The second kappa shape index (κ2) is 8.51. The molecule has 0 atom stereocenters. The molecular weight excluding hydrogens is 398 g/mol. The lowest BCUT2D eigenvalue weighted by atomic mass is 9.87. The summed E-state index contributed by atoms with van der Waals surface area (Å²) in [5, 5.41) is 9.49. The molecule has 3 aromatic heterocycles. The zero-order valence-corrected chi connectivity index (χ0v) is 19.1. The van der Waals surface area contributed by atoms with Crippen molar-refractivity contribution in [1.82, 2.24) is 24.7 Å². The third kappa shape index (κ3) is 3.84. The van der Waals surface area contributed by atoms with Crippen LogP contribution in [-0.2, 0) is 4.79 Å². The van der Waals surface area contributed by atoms with E-state index in [2.05, 4.69) is 64.4 Å². The fraction of sp³-hybridized carbons (Fsp3) is 0.423. The third-order valence-electron chi connectivity index (χ3n) is 6.88. The second-order valence-electron chi connectivity index (χ2n) is 9.34. The van der Waals surface area contributed by atoms with Gasteiger partial charge in [0.2, 0.25) is 0 Å². The van der Waals surface area contributed by atoms with Crippen LogP contribution in [0.15, 0.2) is 42.7 Å². The number of benzene rings is 1. The number of rotatable bonds is 6.